The molecule has 1 aliphatic heterocycles. The van der Waals surface area contributed by atoms with Gasteiger partial charge < -0.3 is 14.8 Å². The summed E-state index contributed by atoms with van der Waals surface area (Å²) in [5.74, 6) is 0.00377. The highest BCUT2D eigenvalue weighted by Crippen LogP contribution is 2.33. The number of nitrogens with one attached hydrogen (secondary N) is 1. The summed E-state index contributed by atoms with van der Waals surface area (Å²) in [5, 5.41) is 3.90. The molecule has 1 N–H and O–H groups in total. The second-order valence-corrected chi connectivity index (χ2v) is 10.2. The fraction of sp³-hybridized carbons (Fsp3) is 0.444. The molecule has 7 heteroatoms. The number of carbonyl (C=O) groups excluding carboxylic acids is 2. The Morgan fingerprint density at radius 2 is 1.74 bits per heavy atom. The minimum absolute atomic E-state index is 0.109. The zero-order valence-corrected chi connectivity index (χ0v) is 20.4. The summed E-state index contributed by atoms with van der Waals surface area (Å²) in [4.78, 5) is 34.0. The van der Waals surface area contributed by atoms with Crippen molar-refractivity contribution >= 4 is 34.4 Å². The minimum Gasteiger partial charge on any atom is -0.351 e. The number of fused-ring (bicyclic) bond motifs is 3. The number of rotatable bonds is 4. The molecule has 1 fully saturated rings. The largest absolute Gasteiger partial charge is 0.351 e. The third-order valence-corrected chi connectivity index (χ3v) is 7.74. The van der Waals surface area contributed by atoms with E-state index in [-0.39, 0.29) is 24.4 Å². The van der Waals surface area contributed by atoms with Crippen molar-refractivity contribution in [2.45, 2.75) is 76.5 Å². The lowest BCUT2D eigenvalue weighted by Gasteiger charge is -2.44. The Kier molecular flexibility index (Phi) is 6.34. The molecule has 2 heterocycles. The van der Waals surface area contributed by atoms with Crippen LogP contribution in [0.5, 0.6) is 0 Å². The predicted molar refractivity (Wildman–Crippen MR) is 134 cm³/mol. The molecule has 2 aromatic carbocycles. The van der Waals surface area contributed by atoms with Crippen molar-refractivity contribution in [2.24, 2.45) is 0 Å². The van der Waals surface area contributed by atoms with Gasteiger partial charge in [-0.25, -0.2) is 4.98 Å². The van der Waals surface area contributed by atoms with E-state index < -0.39 is 5.54 Å². The molecule has 2 amide bonds. The number of nitrogens with zero attached hydrogens (tertiary/aromatic N) is 3. The molecule has 0 saturated heterocycles. The van der Waals surface area contributed by atoms with Crippen LogP contribution in [0.2, 0.25) is 5.02 Å². The van der Waals surface area contributed by atoms with Crippen molar-refractivity contribution in [1.82, 2.24) is 19.8 Å². The minimum atomic E-state index is -1.07. The van der Waals surface area contributed by atoms with E-state index in [0.717, 1.165) is 42.3 Å². The number of benzene rings is 2. The Morgan fingerprint density at radius 3 is 2.50 bits per heavy atom. The molecule has 34 heavy (non-hydrogen) atoms. The lowest BCUT2D eigenvalue weighted by molar-refractivity contribution is -0.134. The van der Waals surface area contributed by atoms with Crippen LogP contribution >= 0.6 is 11.6 Å². The Morgan fingerprint density at radius 1 is 1.06 bits per heavy atom. The van der Waals surface area contributed by atoms with Crippen molar-refractivity contribution in [1.29, 1.82) is 0 Å². The summed E-state index contributed by atoms with van der Waals surface area (Å²) >= 11 is 6.46. The number of carbonyl (C=O) groups is 2. The van der Waals surface area contributed by atoms with E-state index in [4.69, 9.17) is 11.6 Å². The monoisotopic (exact) mass is 478 g/mol. The quantitative estimate of drug-likeness (QED) is 0.550. The van der Waals surface area contributed by atoms with Gasteiger partial charge in [0.1, 0.15) is 5.54 Å². The van der Waals surface area contributed by atoms with E-state index in [9.17, 15) is 9.59 Å². The first-order chi connectivity index (χ1) is 16.5. The van der Waals surface area contributed by atoms with E-state index in [1.54, 1.807) is 4.90 Å². The molecular formula is C27H31ClN4O2. The first-order valence-electron chi connectivity index (χ1n) is 12.3. The topological polar surface area (TPSA) is 67.2 Å². The number of hydrogen-bond acceptors (Lipinski definition) is 3. The Bertz CT molecular complexity index is 1210. The number of hydrogen-bond donors (Lipinski definition) is 1. The number of halogens is 1. The third-order valence-electron chi connectivity index (χ3n) is 7.37. The Labute approximate surface area is 205 Å². The molecule has 1 aromatic heterocycles. The van der Waals surface area contributed by atoms with E-state index in [0.29, 0.717) is 17.4 Å². The van der Waals surface area contributed by atoms with Crippen LogP contribution in [0, 0.1) is 0 Å². The number of aromatic nitrogens is 2. The van der Waals surface area contributed by atoms with Crippen LogP contribution in [0.25, 0.3) is 11.0 Å². The second kappa shape index (κ2) is 9.41. The van der Waals surface area contributed by atoms with Gasteiger partial charge in [0.25, 0.3) is 5.91 Å². The molecule has 2 aliphatic rings. The summed E-state index contributed by atoms with van der Waals surface area (Å²) in [5.41, 5.74) is 1.36. The van der Waals surface area contributed by atoms with Gasteiger partial charge in [-0.2, -0.15) is 0 Å². The summed E-state index contributed by atoms with van der Waals surface area (Å²) < 4.78 is 1.90. The van der Waals surface area contributed by atoms with Gasteiger partial charge in [-0.05, 0) is 43.5 Å². The van der Waals surface area contributed by atoms with Crippen LogP contribution in [0.15, 0.2) is 48.5 Å². The highest BCUT2D eigenvalue weighted by molar-refractivity contribution is 6.31. The third kappa shape index (κ3) is 4.20. The number of amides is 2. The Hall–Kier alpha value is -2.86. The van der Waals surface area contributed by atoms with Gasteiger partial charge in [-0.1, -0.05) is 74.0 Å². The van der Waals surface area contributed by atoms with Crippen LogP contribution in [-0.4, -0.2) is 37.8 Å². The molecule has 0 radical (unpaired) electrons. The van der Waals surface area contributed by atoms with Gasteiger partial charge in [0.05, 0.1) is 17.6 Å². The maximum atomic E-state index is 13.9. The van der Waals surface area contributed by atoms with Gasteiger partial charge in [0.15, 0.2) is 5.82 Å². The first-order valence-corrected chi connectivity index (χ1v) is 12.7. The van der Waals surface area contributed by atoms with E-state index in [1.165, 1.54) is 19.3 Å². The second-order valence-electron chi connectivity index (χ2n) is 9.78. The molecule has 178 valence electrons. The van der Waals surface area contributed by atoms with Gasteiger partial charge in [-0.15, -0.1) is 0 Å². The average Bonchev–Trinajstić information content (AvgIpc) is 3.18. The van der Waals surface area contributed by atoms with Gasteiger partial charge in [0.2, 0.25) is 5.91 Å². The molecule has 1 atom stereocenters. The van der Waals surface area contributed by atoms with Crippen molar-refractivity contribution in [3.05, 3.63) is 64.9 Å². The molecule has 3 aromatic rings. The first kappa shape index (κ1) is 22.9. The summed E-state index contributed by atoms with van der Waals surface area (Å²) in [6.07, 6.45) is 7.92. The number of para-hydroxylation sites is 2. The predicted octanol–water partition coefficient (Wildman–Crippen LogP) is 5.33. The van der Waals surface area contributed by atoms with E-state index in [1.807, 2.05) is 60.0 Å². The van der Waals surface area contributed by atoms with Crippen molar-refractivity contribution < 1.29 is 9.59 Å². The normalized spacial score (nSPS) is 21.7. The van der Waals surface area contributed by atoms with Crippen molar-refractivity contribution in [2.75, 3.05) is 0 Å². The van der Waals surface area contributed by atoms with Crippen LogP contribution in [0.4, 0.5) is 0 Å². The van der Waals surface area contributed by atoms with E-state index >= 15 is 0 Å². The fourth-order valence-electron chi connectivity index (χ4n) is 5.32. The van der Waals surface area contributed by atoms with Crippen molar-refractivity contribution in [3.8, 4) is 0 Å². The van der Waals surface area contributed by atoms with Crippen LogP contribution in [0.3, 0.4) is 0 Å². The molecular weight excluding hydrogens is 448 g/mol. The van der Waals surface area contributed by atoms with E-state index in [2.05, 4.69) is 10.3 Å². The molecule has 5 rings (SSSR count). The molecule has 6 nitrogen and oxygen atoms in total. The zero-order valence-electron chi connectivity index (χ0n) is 19.6. The average molecular weight is 479 g/mol. The number of imidazole rings is 1. The smallest absolute Gasteiger partial charge is 0.291 e. The zero-order chi connectivity index (χ0) is 23.7. The molecule has 0 unspecified atom stereocenters. The van der Waals surface area contributed by atoms with Crippen LogP contribution in [0.1, 0.15) is 68.1 Å². The standard InChI is InChI=1S/C27H31ClN4O2/c1-27(26(34)29-20-12-5-3-2-4-6-13-20)18-31-23-16-10-9-15-22(23)30-24(31)25(33)32(27)17-19-11-7-8-14-21(19)28/h7-11,14-16,20H,2-6,12-13,17-18H2,1H3,(H,29,34)/t27-/m1/s1. The highest BCUT2D eigenvalue weighted by atomic mass is 35.5. The fourth-order valence-corrected chi connectivity index (χ4v) is 5.51. The molecule has 0 spiro atoms. The SMILES string of the molecule is C[C@]1(C(=O)NC2CCCCCCC2)Cn2c(nc3ccccc32)C(=O)N1Cc1ccccc1Cl. The van der Waals surface area contributed by atoms with Gasteiger partial charge in [0, 0.05) is 17.6 Å². The van der Waals surface area contributed by atoms with Crippen LogP contribution < -0.4 is 5.32 Å². The maximum absolute atomic E-state index is 13.9. The highest BCUT2D eigenvalue weighted by Gasteiger charge is 2.48. The summed E-state index contributed by atoms with van der Waals surface area (Å²) in [6, 6.07) is 15.3. The van der Waals surface area contributed by atoms with Crippen LogP contribution in [-0.2, 0) is 17.9 Å². The van der Waals surface area contributed by atoms with Gasteiger partial charge >= 0.3 is 0 Å². The lowest BCUT2D eigenvalue weighted by atomic mass is 9.92. The molecule has 1 saturated carbocycles. The lowest BCUT2D eigenvalue weighted by Crippen LogP contribution is -2.64. The van der Waals surface area contributed by atoms with Gasteiger partial charge in [-0.3, -0.25) is 9.59 Å². The Balaban J connectivity index is 1.52. The summed E-state index contributed by atoms with van der Waals surface area (Å²) in [7, 11) is 0. The maximum Gasteiger partial charge on any atom is 0.291 e. The summed E-state index contributed by atoms with van der Waals surface area (Å²) in [6.45, 7) is 2.46. The molecule has 1 aliphatic carbocycles. The van der Waals surface area contributed by atoms with Crippen molar-refractivity contribution in [3.63, 3.8) is 0 Å². The molecule has 0 bridgehead atoms.